The Bertz CT molecular complexity index is 890. The molecule has 27 heavy (non-hydrogen) atoms. The summed E-state index contributed by atoms with van der Waals surface area (Å²) >= 11 is 0. The van der Waals surface area contributed by atoms with Crippen molar-refractivity contribution in [1.82, 2.24) is 10.2 Å². The zero-order valence-corrected chi connectivity index (χ0v) is 15.6. The molecular formula is C21H22N2O4. The molecular weight excluding hydrogens is 344 g/mol. The Hall–Kier alpha value is -3.15. The topological polar surface area (TPSA) is 75.7 Å². The van der Waals surface area contributed by atoms with Crippen LogP contribution < -0.4 is 10.1 Å². The van der Waals surface area contributed by atoms with E-state index in [1.165, 1.54) is 0 Å². The number of carbonyl (C=O) groups is 3. The van der Waals surface area contributed by atoms with Crippen molar-refractivity contribution in [2.75, 3.05) is 13.7 Å². The van der Waals surface area contributed by atoms with Crippen LogP contribution in [0.2, 0.25) is 0 Å². The Morgan fingerprint density at radius 2 is 1.74 bits per heavy atom. The van der Waals surface area contributed by atoms with Gasteiger partial charge in [0.2, 0.25) is 5.91 Å². The molecule has 0 fully saturated rings. The quantitative estimate of drug-likeness (QED) is 0.798. The first-order valence-electron chi connectivity index (χ1n) is 8.84. The number of imide groups is 1. The molecule has 1 N–H and O–H groups in total. The Labute approximate surface area is 158 Å². The molecule has 1 atom stereocenters. The van der Waals surface area contributed by atoms with Crippen molar-refractivity contribution in [3.8, 4) is 5.75 Å². The van der Waals surface area contributed by atoms with Crippen LogP contribution in [0.1, 0.15) is 51.2 Å². The SMILES string of the molecule is CCC(NC(=O)CN1C(=O)c2ccc(C)cc2C1=O)c1ccc(OC)cc1. The van der Waals surface area contributed by atoms with E-state index in [4.69, 9.17) is 4.74 Å². The van der Waals surface area contributed by atoms with Gasteiger partial charge in [0.15, 0.2) is 0 Å². The first-order valence-corrected chi connectivity index (χ1v) is 8.84. The molecule has 0 aromatic heterocycles. The number of aryl methyl sites for hydroxylation is 1. The highest BCUT2D eigenvalue weighted by Crippen LogP contribution is 2.24. The fourth-order valence-electron chi connectivity index (χ4n) is 3.19. The Kier molecular flexibility index (Phi) is 5.26. The van der Waals surface area contributed by atoms with Crippen molar-refractivity contribution in [2.24, 2.45) is 0 Å². The third-order valence-electron chi connectivity index (χ3n) is 4.69. The number of fused-ring (bicyclic) bond motifs is 1. The molecule has 0 bridgehead atoms. The Morgan fingerprint density at radius 1 is 1.07 bits per heavy atom. The van der Waals surface area contributed by atoms with Crippen LogP contribution in [0.3, 0.4) is 0 Å². The lowest BCUT2D eigenvalue weighted by Gasteiger charge is -2.20. The first-order chi connectivity index (χ1) is 12.9. The van der Waals surface area contributed by atoms with E-state index in [9.17, 15) is 14.4 Å². The van der Waals surface area contributed by atoms with Gasteiger partial charge in [0.05, 0.1) is 24.3 Å². The zero-order valence-electron chi connectivity index (χ0n) is 15.6. The van der Waals surface area contributed by atoms with Gasteiger partial charge in [-0.1, -0.05) is 30.7 Å². The summed E-state index contributed by atoms with van der Waals surface area (Å²) in [6.07, 6.45) is 0.680. The summed E-state index contributed by atoms with van der Waals surface area (Å²) in [4.78, 5) is 38.5. The number of ether oxygens (including phenoxy) is 1. The van der Waals surface area contributed by atoms with Crippen molar-refractivity contribution in [1.29, 1.82) is 0 Å². The third-order valence-corrected chi connectivity index (χ3v) is 4.69. The van der Waals surface area contributed by atoms with Crippen LogP contribution in [0.25, 0.3) is 0 Å². The average molecular weight is 366 g/mol. The van der Waals surface area contributed by atoms with E-state index in [0.717, 1.165) is 21.8 Å². The van der Waals surface area contributed by atoms with E-state index in [2.05, 4.69) is 5.32 Å². The minimum Gasteiger partial charge on any atom is -0.497 e. The number of hydrogen-bond acceptors (Lipinski definition) is 4. The third kappa shape index (κ3) is 3.69. The molecule has 1 aliphatic rings. The molecule has 0 saturated carbocycles. The summed E-state index contributed by atoms with van der Waals surface area (Å²) in [5.74, 6) is -0.487. The molecule has 0 radical (unpaired) electrons. The number of nitrogens with one attached hydrogen (secondary N) is 1. The molecule has 6 nitrogen and oxygen atoms in total. The van der Waals surface area contributed by atoms with E-state index in [0.29, 0.717) is 17.5 Å². The van der Waals surface area contributed by atoms with Gasteiger partial charge in [-0.3, -0.25) is 19.3 Å². The lowest BCUT2D eigenvalue weighted by atomic mass is 10.0. The van der Waals surface area contributed by atoms with Crippen LogP contribution in [0.15, 0.2) is 42.5 Å². The maximum Gasteiger partial charge on any atom is 0.262 e. The molecule has 2 aromatic carbocycles. The van der Waals surface area contributed by atoms with Crippen molar-refractivity contribution < 1.29 is 19.1 Å². The van der Waals surface area contributed by atoms with E-state index in [-0.39, 0.29) is 18.5 Å². The molecule has 6 heteroatoms. The second kappa shape index (κ2) is 7.61. The van der Waals surface area contributed by atoms with Gasteiger partial charge in [-0.15, -0.1) is 0 Å². The molecule has 1 heterocycles. The minimum absolute atomic E-state index is 0.208. The van der Waals surface area contributed by atoms with Crippen LogP contribution in [0, 0.1) is 6.92 Å². The van der Waals surface area contributed by atoms with Gasteiger partial charge in [0, 0.05) is 0 Å². The lowest BCUT2D eigenvalue weighted by molar-refractivity contribution is -0.122. The standard InChI is InChI=1S/C21H22N2O4/c1-4-18(14-6-8-15(27-3)9-7-14)22-19(24)12-23-20(25)16-10-5-13(2)11-17(16)21(23)26/h5-11,18H,4,12H2,1-3H3,(H,22,24). The molecule has 2 aromatic rings. The van der Waals surface area contributed by atoms with E-state index >= 15 is 0 Å². The first kappa shape index (κ1) is 18.6. The lowest BCUT2D eigenvalue weighted by Crippen LogP contribution is -2.41. The zero-order chi connectivity index (χ0) is 19.6. The molecule has 140 valence electrons. The Morgan fingerprint density at radius 3 is 2.37 bits per heavy atom. The van der Waals surface area contributed by atoms with Crippen LogP contribution in [0.4, 0.5) is 0 Å². The predicted octanol–water partition coefficient (Wildman–Crippen LogP) is 2.87. The fourth-order valence-corrected chi connectivity index (χ4v) is 3.19. The maximum atomic E-state index is 12.5. The normalized spacial score (nSPS) is 14.1. The van der Waals surface area contributed by atoms with Crippen LogP contribution in [0.5, 0.6) is 5.75 Å². The highest BCUT2D eigenvalue weighted by Gasteiger charge is 2.36. The van der Waals surface area contributed by atoms with E-state index in [1.807, 2.05) is 38.1 Å². The number of carbonyl (C=O) groups excluding carboxylic acids is 3. The number of nitrogens with zero attached hydrogens (tertiary/aromatic N) is 1. The molecule has 1 unspecified atom stereocenters. The van der Waals surface area contributed by atoms with Crippen LogP contribution in [-0.4, -0.2) is 36.3 Å². The molecule has 3 amide bonds. The number of amides is 3. The summed E-state index contributed by atoms with van der Waals surface area (Å²) in [6, 6.07) is 12.3. The van der Waals surface area contributed by atoms with Gasteiger partial charge in [-0.2, -0.15) is 0 Å². The largest absolute Gasteiger partial charge is 0.497 e. The minimum atomic E-state index is -0.428. The van der Waals surface area contributed by atoms with Crippen molar-refractivity contribution in [2.45, 2.75) is 26.3 Å². The van der Waals surface area contributed by atoms with E-state index in [1.54, 1.807) is 25.3 Å². The monoisotopic (exact) mass is 366 g/mol. The van der Waals surface area contributed by atoms with Gasteiger partial charge >= 0.3 is 0 Å². The molecule has 3 rings (SSSR count). The summed E-state index contributed by atoms with van der Waals surface area (Å²) < 4.78 is 5.15. The smallest absolute Gasteiger partial charge is 0.262 e. The molecule has 1 aliphatic heterocycles. The number of hydrogen-bond donors (Lipinski definition) is 1. The average Bonchev–Trinajstić information content (AvgIpc) is 2.90. The Balaban J connectivity index is 1.69. The molecule has 0 aliphatic carbocycles. The second-order valence-electron chi connectivity index (χ2n) is 6.55. The van der Waals surface area contributed by atoms with E-state index < -0.39 is 11.8 Å². The number of benzene rings is 2. The molecule has 0 spiro atoms. The maximum absolute atomic E-state index is 12.5. The van der Waals surface area contributed by atoms with Gasteiger partial charge in [-0.05, 0) is 43.2 Å². The van der Waals surface area contributed by atoms with Crippen LogP contribution in [-0.2, 0) is 4.79 Å². The predicted molar refractivity (Wildman–Crippen MR) is 101 cm³/mol. The summed E-state index contributed by atoms with van der Waals surface area (Å²) in [5, 5.41) is 2.90. The van der Waals surface area contributed by atoms with Crippen LogP contribution >= 0.6 is 0 Å². The highest BCUT2D eigenvalue weighted by molar-refractivity contribution is 6.22. The van der Waals surface area contributed by atoms with Gasteiger partial charge in [0.1, 0.15) is 12.3 Å². The van der Waals surface area contributed by atoms with Gasteiger partial charge < -0.3 is 10.1 Å². The van der Waals surface area contributed by atoms with Gasteiger partial charge in [-0.25, -0.2) is 0 Å². The highest BCUT2D eigenvalue weighted by atomic mass is 16.5. The van der Waals surface area contributed by atoms with Crippen molar-refractivity contribution >= 4 is 17.7 Å². The molecule has 0 saturated heterocycles. The summed E-state index contributed by atoms with van der Waals surface area (Å²) in [7, 11) is 1.59. The summed E-state index contributed by atoms with van der Waals surface area (Å²) in [6.45, 7) is 3.52. The number of rotatable bonds is 6. The second-order valence-corrected chi connectivity index (χ2v) is 6.55. The van der Waals surface area contributed by atoms with Crippen molar-refractivity contribution in [3.05, 3.63) is 64.7 Å². The van der Waals surface area contributed by atoms with Crippen molar-refractivity contribution in [3.63, 3.8) is 0 Å². The fraction of sp³-hybridized carbons (Fsp3) is 0.286. The van der Waals surface area contributed by atoms with Gasteiger partial charge in [0.25, 0.3) is 11.8 Å². The summed E-state index contributed by atoms with van der Waals surface area (Å²) in [5.41, 5.74) is 2.53. The number of methoxy groups -OCH3 is 1.